The maximum atomic E-state index is 11.6. The average molecular weight is 249 g/mol. The van der Waals surface area contributed by atoms with E-state index in [1.807, 2.05) is 38.1 Å². The van der Waals surface area contributed by atoms with Gasteiger partial charge in [0.25, 0.3) is 0 Å². The summed E-state index contributed by atoms with van der Waals surface area (Å²) < 4.78 is 5.45. The number of carboxylic acids is 1. The van der Waals surface area contributed by atoms with Gasteiger partial charge in [0, 0.05) is 25.1 Å². The van der Waals surface area contributed by atoms with Crippen LogP contribution in [0.5, 0.6) is 0 Å². The Morgan fingerprint density at radius 1 is 1.50 bits per heavy atom. The molecule has 1 aromatic rings. The highest BCUT2D eigenvalue weighted by molar-refractivity contribution is 5.83. The van der Waals surface area contributed by atoms with Gasteiger partial charge in [-0.3, -0.25) is 0 Å². The lowest BCUT2D eigenvalue weighted by Crippen LogP contribution is -2.52. The Bertz CT molecular complexity index is 446. The quantitative estimate of drug-likeness (QED) is 0.863. The summed E-state index contributed by atoms with van der Waals surface area (Å²) >= 11 is 0. The highest BCUT2D eigenvalue weighted by atomic mass is 16.5. The van der Waals surface area contributed by atoms with Gasteiger partial charge in [0.15, 0.2) is 0 Å². The van der Waals surface area contributed by atoms with Crippen LogP contribution in [0.25, 0.3) is 0 Å². The molecular weight excluding hydrogens is 230 g/mol. The lowest BCUT2D eigenvalue weighted by atomic mass is 9.86. The second-order valence-corrected chi connectivity index (χ2v) is 4.96. The summed E-state index contributed by atoms with van der Waals surface area (Å²) in [5.74, 6) is -0.805. The number of benzene rings is 1. The van der Waals surface area contributed by atoms with Gasteiger partial charge in [-0.25, -0.2) is 4.79 Å². The first-order valence-corrected chi connectivity index (χ1v) is 6.22. The van der Waals surface area contributed by atoms with Gasteiger partial charge in [-0.15, -0.1) is 0 Å². The van der Waals surface area contributed by atoms with Crippen LogP contribution < -0.4 is 5.32 Å². The Labute approximate surface area is 107 Å². The van der Waals surface area contributed by atoms with E-state index < -0.39 is 11.5 Å². The summed E-state index contributed by atoms with van der Waals surface area (Å²) in [5, 5.41) is 12.8. The molecule has 0 amide bonds. The van der Waals surface area contributed by atoms with Crippen molar-refractivity contribution in [3.63, 3.8) is 0 Å². The van der Waals surface area contributed by atoms with Gasteiger partial charge >= 0.3 is 5.97 Å². The molecule has 0 radical (unpaired) electrons. The molecule has 98 valence electrons. The summed E-state index contributed by atoms with van der Waals surface area (Å²) in [4.78, 5) is 11.6. The van der Waals surface area contributed by atoms with Gasteiger partial charge in [-0.05, 0) is 25.5 Å². The molecule has 2 rings (SSSR count). The Kier molecular flexibility index (Phi) is 3.57. The maximum Gasteiger partial charge on any atom is 0.329 e. The van der Waals surface area contributed by atoms with Gasteiger partial charge in [-0.1, -0.05) is 18.2 Å². The number of carboxylic acid groups (broad SMARTS) is 1. The van der Waals surface area contributed by atoms with Crippen molar-refractivity contribution in [3.8, 4) is 0 Å². The molecule has 1 fully saturated rings. The molecular formula is C14H19NO3. The molecule has 0 aliphatic carbocycles. The molecule has 1 aromatic carbocycles. The van der Waals surface area contributed by atoms with Crippen LogP contribution in [0.3, 0.4) is 0 Å². The molecule has 4 nitrogen and oxygen atoms in total. The second kappa shape index (κ2) is 4.98. The van der Waals surface area contributed by atoms with Crippen molar-refractivity contribution in [2.75, 3.05) is 11.9 Å². The van der Waals surface area contributed by atoms with Gasteiger partial charge in [0.2, 0.25) is 0 Å². The zero-order valence-electron chi connectivity index (χ0n) is 10.8. The fourth-order valence-electron chi connectivity index (χ4n) is 2.42. The van der Waals surface area contributed by atoms with E-state index in [4.69, 9.17) is 4.74 Å². The zero-order valence-corrected chi connectivity index (χ0v) is 10.8. The van der Waals surface area contributed by atoms with Crippen molar-refractivity contribution in [2.45, 2.75) is 38.3 Å². The zero-order chi connectivity index (χ0) is 13.2. The SMILES string of the molecule is Cc1ccccc1NC1(C(=O)O)CCOC(C)C1. The van der Waals surface area contributed by atoms with Crippen LogP contribution in [0.1, 0.15) is 25.3 Å². The Hall–Kier alpha value is -1.55. The highest BCUT2D eigenvalue weighted by Crippen LogP contribution is 2.30. The Morgan fingerprint density at radius 3 is 2.83 bits per heavy atom. The van der Waals surface area contributed by atoms with E-state index in [2.05, 4.69) is 5.32 Å². The molecule has 0 saturated carbocycles. The van der Waals surface area contributed by atoms with Crippen molar-refractivity contribution >= 4 is 11.7 Å². The highest BCUT2D eigenvalue weighted by Gasteiger charge is 2.42. The van der Waals surface area contributed by atoms with Crippen LogP contribution in [-0.4, -0.2) is 29.3 Å². The third-order valence-electron chi connectivity index (χ3n) is 3.50. The Balaban J connectivity index is 2.26. The third kappa shape index (κ3) is 2.48. The number of nitrogens with one attached hydrogen (secondary N) is 1. The first kappa shape index (κ1) is 12.9. The number of hydrogen-bond acceptors (Lipinski definition) is 3. The molecule has 4 heteroatoms. The predicted octanol–water partition coefficient (Wildman–Crippen LogP) is 2.43. The van der Waals surface area contributed by atoms with Crippen molar-refractivity contribution < 1.29 is 14.6 Å². The maximum absolute atomic E-state index is 11.6. The molecule has 0 aromatic heterocycles. The molecule has 1 aliphatic rings. The molecule has 1 heterocycles. The van der Waals surface area contributed by atoms with Crippen molar-refractivity contribution in [1.29, 1.82) is 0 Å². The lowest BCUT2D eigenvalue weighted by Gasteiger charge is -2.38. The van der Waals surface area contributed by atoms with Gasteiger partial charge < -0.3 is 15.2 Å². The molecule has 2 atom stereocenters. The van der Waals surface area contributed by atoms with E-state index in [-0.39, 0.29) is 6.10 Å². The number of anilines is 1. The van der Waals surface area contributed by atoms with Gasteiger partial charge in [0.1, 0.15) is 5.54 Å². The standard InChI is InChI=1S/C14H19NO3/c1-10-5-3-4-6-12(10)15-14(13(16)17)7-8-18-11(2)9-14/h3-6,11,15H,7-9H2,1-2H3,(H,16,17). The van der Waals surface area contributed by atoms with Crippen LogP contribution in [0.15, 0.2) is 24.3 Å². The monoisotopic (exact) mass is 249 g/mol. The fraction of sp³-hybridized carbons (Fsp3) is 0.500. The number of rotatable bonds is 3. The smallest absolute Gasteiger partial charge is 0.329 e. The average Bonchev–Trinajstić information content (AvgIpc) is 2.32. The largest absolute Gasteiger partial charge is 0.480 e. The first-order valence-electron chi connectivity index (χ1n) is 6.22. The van der Waals surface area contributed by atoms with Crippen LogP contribution >= 0.6 is 0 Å². The molecule has 0 spiro atoms. The number of para-hydroxylation sites is 1. The number of carbonyl (C=O) groups is 1. The van der Waals surface area contributed by atoms with Crippen LogP contribution in [0, 0.1) is 6.92 Å². The summed E-state index contributed by atoms with van der Waals surface area (Å²) in [6.07, 6.45) is 0.934. The van der Waals surface area contributed by atoms with Gasteiger partial charge in [0.05, 0.1) is 6.10 Å². The Morgan fingerprint density at radius 2 is 2.22 bits per heavy atom. The summed E-state index contributed by atoms with van der Waals surface area (Å²) in [5.41, 5.74) is 1.02. The molecule has 1 saturated heterocycles. The van der Waals surface area contributed by atoms with E-state index in [1.54, 1.807) is 0 Å². The summed E-state index contributed by atoms with van der Waals surface area (Å²) in [6, 6.07) is 7.75. The predicted molar refractivity (Wildman–Crippen MR) is 69.8 cm³/mol. The van der Waals surface area contributed by atoms with Crippen molar-refractivity contribution in [1.82, 2.24) is 0 Å². The molecule has 0 bridgehead atoms. The minimum Gasteiger partial charge on any atom is -0.480 e. The second-order valence-electron chi connectivity index (χ2n) is 4.96. The summed E-state index contributed by atoms with van der Waals surface area (Å²) in [7, 11) is 0. The number of hydrogen-bond donors (Lipinski definition) is 2. The normalized spacial score (nSPS) is 27.8. The molecule has 1 aliphatic heterocycles. The van der Waals surface area contributed by atoms with Crippen molar-refractivity contribution in [2.24, 2.45) is 0 Å². The van der Waals surface area contributed by atoms with Crippen LogP contribution in [0.2, 0.25) is 0 Å². The molecule has 18 heavy (non-hydrogen) atoms. The van der Waals surface area contributed by atoms with Crippen LogP contribution in [-0.2, 0) is 9.53 Å². The fourth-order valence-corrected chi connectivity index (χ4v) is 2.42. The molecule has 2 N–H and O–H groups in total. The van der Waals surface area contributed by atoms with Gasteiger partial charge in [-0.2, -0.15) is 0 Å². The number of aliphatic carboxylic acids is 1. The minimum atomic E-state index is -0.913. The first-order chi connectivity index (χ1) is 8.53. The topological polar surface area (TPSA) is 58.6 Å². The van der Waals surface area contributed by atoms with Crippen molar-refractivity contribution in [3.05, 3.63) is 29.8 Å². The van der Waals surface area contributed by atoms with E-state index >= 15 is 0 Å². The van der Waals surface area contributed by atoms with E-state index in [9.17, 15) is 9.90 Å². The minimum absolute atomic E-state index is 0.0358. The van der Waals surface area contributed by atoms with E-state index in [0.29, 0.717) is 19.4 Å². The number of ether oxygens (including phenoxy) is 1. The third-order valence-corrected chi connectivity index (χ3v) is 3.50. The lowest BCUT2D eigenvalue weighted by molar-refractivity contribution is -0.147. The summed E-state index contributed by atoms with van der Waals surface area (Å²) in [6.45, 7) is 4.36. The van der Waals surface area contributed by atoms with Crippen LogP contribution in [0.4, 0.5) is 5.69 Å². The number of aryl methyl sites for hydroxylation is 1. The van der Waals surface area contributed by atoms with E-state index in [0.717, 1.165) is 11.3 Å². The molecule has 2 unspecified atom stereocenters. The van der Waals surface area contributed by atoms with E-state index in [1.165, 1.54) is 0 Å².